The van der Waals surface area contributed by atoms with Gasteiger partial charge in [0, 0.05) is 26.0 Å². The summed E-state index contributed by atoms with van der Waals surface area (Å²) in [6.07, 6.45) is 5.33. The number of nitrogens with zero attached hydrogens (tertiary/aromatic N) is 5. The molecule has 4 heterocycles. The first-order valence-corrected chi connectivity index (χ1v) is 12.9. The van der Waals surface area contributed by atoms with Gasteiger partial charge in [0.25, 0.3) is 0 Å². The highest BCUT2D eigenvalue weighted by molar-refractivity contribution is 7.99. The van der Waals surface area contributed by atoms with E-state index < -0.39 is 6.04 Å². The van der Waals surface area contributed by atoms with E-state index in [0.717, 1.165) is 28.5 Å². The van der Waals surface area contributed by atoms with Crippen LogP contribution in [0.5, 0.6) is 0 Å². The van der Waals surface area contributed by atoms with E-state index in [1.807, 2.05) is 82.5 Å². The molecular formula is C24H24N6O2S2. The molecule has 1 saturated heterocycles. The van der Waals surface area contributed by atoms with Crippen LogP contribution in [0.4, 0.5) is 5.69 Å². The average molecular weight is 493 g/mol. The Morgan fingerprint density at radius 3 is 2.74 bits per heavy atom. The van der Waals surface area contributed by atoms with Gasteiger partial charge in [-0.05, 0) is 48.6 Å². The van der Waals surface area contributed by atoms with Crippen LogP contribution in [-0.2, 0) is 16.6 Å². The molecule has 1 atom stereocenters. The quantitative estimate of drug-likeness (QED) is 0.394. The Balaban J connectivity index is 1.24. The van der Waals surface area contributed by atoms with Gasteiger partial charge in [0.2, 0.25) is 11.8 Å². The topological polar surface area (TPSA) is 85.0 Å². The van der Waals surface area contributed by atoms with Crippen LogP contribution in [0.2, 0.25) is 0 Å². The summed E-state index contributed by atoms with van der Waals surface area (Å²) in [5.41, 5.74) is 1.61. The number of likely N-dealkylation sites (tertiary alicyclic amines) is 1. The van der Waals surface area contributed by atoms with Crippen molar-refractivity contribution in [3.63, 3.8) is 0 Å². The lowest BCUT2D eigenvalue weighted by molar-refractivity contribution is -0.134. The lowest BCUT2D eigenvalue weighted by Gasteiger charge is -2.24. The van der Waals surface area contributed by atoms with Crippen LogP contribution >= 0.6 is 23.1 Å². The van der Waals surface area contributed by atoms with E-state index >= 15 is 0 Å². The second kappa shape index (κ2) is 9.86. The molecule has 5 rings (SSSR count). The second-order valence-electron chi connectivity index (χ2n) is 7.97. The summed E-state index contributed by atoms with van der Waals surface area (Å²) in [7, 11) is 1.90. The number of carbonyl (C=O) groups excluding carboxylic acids is 2. The zero-order valence-electron chi connectivity index (χ0n) is 18.6. The Kier molecular flexibility index (Phi) is 6.50. The average Bonchev–Trinajstić information content (AvgIpc) is 3.65. The van der Waals surface area contributed by atoms with Crippen molar-refractivity contribution >= 4 is 40.6 Å². The zero-order chi connectivity index (χ0) is 23.5. The van der Waals surface area contributed by atoms with Crippen LogP contribution < -0.4 is 5.32 Å². The summed E-state index contributed by atoms with van der Waals surface area (Å²) in [6.45, 7) is 0.579. The summed E-state index contributed by atoms with van der Waals surface area (Å²) < 4.78 is 3.85. The molecule has 10 heteroatoms. The second-order valence-corrected chi connectivity index (χ2v) is 9.86. The number of hydrogen-bond acceptors (Lipinski definition) is 6. The fraction of sp³-hybridized carbons (Fsp3) is 0.250. The van der Waals surface area contributed by atoms with E-state index in [0.29, 0.717) is 18.1 Å². The third-order valence-electron chi connectivity index (χ3n) is 5.82. The number of hydrogen-bond donors (Lipinski definition) is 1. The molecule has 0 bridgehead atoms. The summed E-state index contributed by atoms with van der Waals surface area (Å²) in [5, 5.41) is 14.2. The van der Waals surface area contributed by atoms with E-state index in [-0.39, 0.29) is 17.6 Å². The lowest BCUT2D eigenvalue weighted by Crippen LogP contribution is -2.44. The number of thioether (sulfide) groups is 1. The highest BCUT2D eigenvalue weighted by Gasteiger charge is 2.34. The van der Waals surface area contributed by atoms with Crippen molar-refractivity contribution in [3.8, 4) is 16.4 Å². The minimum atomic E-state index is -0.480. The maximum Gasteiger partial charge on any atom is 0.247 e. The van der Waals surface area contributed by atoms with Crippen molar-refractivity contribution in [3.05, 3.63) is 66.3 Å². The molecule has 4 aromatic rings. The zero-order valence-corrected chi connectivity index (χ0v) is 20.3. The van der Waals surface area contributed by atoms with Gasteiger partial charge in [0.1, 0.15) is 6.04 Å². The Hall–Kier alpha value is -3.37. The highest BCUT2D eigenvalue weighted by atomic mass is 32.2. The molecule has 1 N–H and O–H groups in total. The number of rotatable bonds is 7. The van der Waals surface area contributed by atoms with Crippen molar-refractivity contribution in [2.45, 2.75) is 24.0 Å². The smallest absolute Gasteiger partial charge is 0.247 e. The number of amides is 2. The number of aromatic nitrogens is 4. The standard InChI is InChI=1S/C24H24N6O2S2/c1-28-22(20-11-7-15-33-20)26-27-24(28)34-16-21(31)30-14-6-10-19(30)23(32)25-17-8-2-3-9-18(17)29-12-4-5-13-29/h2-5,7-9,11-13,15,19H,6,10,14,16H2,1H3,(H,25,32). The molecule has 1 fully saturated rings. The molecule has 3 aromatic heterocycles. The van der Waals surface area contributed by atoms with Crippen LogP contribution in [0.1, 0.15) is 12.8 Å². The normalized spacial score (nSPS) is 15.6. The Morgan fingerprint density at radius 1 is 1.12 bits per heavy atom. The van der Waals surface area contributed by atoms with Crippen LogP contribution in [0.25, 0.3) is 16.4 Å². The van der Waals surface area contributed by atoms with Gasteiger partial charge in [-0.1, -0.05) is 30.0 Å². The van der Waals surface area contributed by atoms with E-state index in [4.69, 9.17) is 0 Å². The van der Waals surface area contributed by atoms with Gasteiger partial charge in [-0.2, -0.15) is 0 Å². The number of para-hydroxylation sites is 2. The van der Waals surface area contributed by atoms with E-state index in [1.54, 1.807) is 16.2 Å². The third kappa shape index (κ3) is 4.51. The van der Waals surface area contributed by atoms with Gasteiger partial charge < -0.3 is 19.4 Å². The maximum atomic E-state index is 13.2. The van der Waals surface area contributed by atoms with Crippen LogP contribution in [0.3, 0.4) is 0 Å². The number of benzene rings is 1. The molecule has 34 heavy (non-hydrogen) atoms. The van der Waals surface area contributed by atoms with E-state index in [1.165, 1.54) is 11.8 Å². The molecular weight excluding hydrogens is 468 g/mol. The minimum Gasteiger partial charge on any atom is -0.330 e. The third-order valence-corrected chi connectivity index (χ3v) is 7.69. The number of anilines is 1. The Morgan fingerprint density at radius 2 is 1.94 bits per heavy atom. The first kappa shape index (κ1) is 22.4. The van der Waals surface area contributed by atoms with Gasteiger partial charge in [-0.25, -0.2) is 0 Å². The van der Waals surface area contributed by atoms with Crippen molar-refractivity contribution < 1.29 is 9.59 Å². The summed E-state index contributed by atoms with van der Waals surface area (Å²) in [4.78, 5) is 28.9. The summed E-state index contributed by atoms with van der Waals surface area (Å²) in [6, 6.07) is 15.0. The first-order chi connectivity index (χ1) is 16.6. The molecule has 8 nitrogen and oxygen atoms in total. The fourth-order valence-electron chi connectivity index (χ4n) is 4.12. The molecule has 1 unspecified atom stereocenters. The van der Waals surface area contributed by atoms with Crippen molar-refractivity contribution in [1.29, 1.82) is 0 Å². The maximum absolute atomic E-state index is 13.2. The largest absolute Gasteiger partial charge is 0.330 e. The summed E-state index contributed by atoms with van der Waals surface area (Å²) >= 11 is 2.95. The van der Waals surface area contributed by atoms with E-state index in [9.17, 15) is 9.59 Å². The molecule has 2 amide bonds. The lowest BCUT2D eigenvalue weighted by atomic mass is 10.2. The number of carbonyl (C=O) groups is 2. The number of nitrogens with one attached hydrogen (secondary N) is 1. The molecule has 0 aliphatic carbocycles. The predicted molar refractivity (Wildman–Crippen MR) is 134 cm³/mol. The molecule has 0 radical (unpaired) electrons. The van der Waals surface area contributed by atoms with Crippen LogP contribution in [0.15, 0.2) is 71.5 Å². The molecule has 174 valence electrons. The van der Waals surface area contributed by atoms with Gasteiger partial charge in [-0.3, -0.25) is 9.59 Å². The molecule has 0 saturated carbocycles. The predicted octanol–water partition coefficient (Wildman–Crippen LogP) is 4.06. The number of thiophene rings is 1. The molecule has 1 aromatic carbocycles. The SMILES string of the molecule is Cn1c(SCC(=O)N2CCCC2C(=O)Nc2ccccc2-n2cccc2)nnc1-c1cccs1. The first-order valence-electron chi connectivity index (χ1n) is 11.0. The van der Waals surface area contributed by atoms with E-state index in [2.05, 4.69) is 15.5 Å². The molecule has 0 spiro atoms. The molecule has 1 aliphatic rings. The van der Waals surface area contributed by atoms with Crippen LogP contribution in [0, 0.1) is 0 Å². The van der Waals surface area contributed by atoms with Gasteiger partial charge in [-0.15, -0.1) is 21.5 Å². The van der Waals surface area contributed by atoms with Crippen molar-refractivity contribution in [1.82, 2.24) is 24.2 Å². The van der Waals surface area contributed by atoms with Crippen LogP contribution in [-0.4, -0.2) is 54.4 Å². The van der Waals surface area contributed by atoms with Gasteiger partial charge >= 0.3 is 0 Å². The minimum absolute atomic E-state index is 0.0676. The summed E-state index contributed by atoms with van der Waals surface area (Å²) in [5.74, 6) is 0.765. The van der Waals surface area contributed by atoms with Crippen molar-refractivity contribution in [2.24, 2.45) is 7.05 Å². The van der Waals surface area contributed by atoms with Gasteiger partial charge in [0.05, 0.1) is 22.0 Å². The highest BCUT2D eigenvalue weighted by Crippen LogP contribution is 2.28. The Labute approximate surface area is 205 Å². The fourth-order valence-corrected chi connectivity index (χ4v) is 5.66. The Bertz CT molecular complexity index is 1280. The van der Waals surface area contributed by atoms with Gasteiger partial charge in [0.15, 0.2) is 11.0 Å². The van der Waals surface area contributed by atoms with Crippen molar-refractivity contribution in [2.75, 3.05) is 17.6 Å². The molecule has 1 aliphatic heterocycles. The monoisotopic (exact) mass is 492 g/mol.